The lowest BCUT2D eigenvalue weighted by Gasteiger charge is -2.00. The summed E-state index contributed by atoms with van der Waals surface area (Å²) in [7, 11) is -1.80. The van der Waals surface area contributed by atoms with Gasteiger partial charge in [0.2, 0.25) is 0 Å². The van der Waals surface area contributed by atoms with Gasteiger partial charge in [-0.05, 0) is 35.9 Å². The number of sulfone groups is 1. The summed E-state index contributed by atoms with van der Waals surface area (Å²) in [6.07, 6.45) is 1.57. The van der Waals surface area contributed by atoms with Crippen molar-refractivity contribution in [2.24, 2.45) is 0 Å². The van der Waals surface area contributed by atoms with E-state index in [9.17, 15) is 8.42 Å². The van der Waals surface area contributed by atoms with E-state index in [0.29, 0.717) is 4.90 Å². The van der Waals surface area contributed by atoms with Crippen LogP contribution in [0.15, 0.2) is 64.9 Å². The summed E-state index contributed by atoms with van der Waals surface area (Å²) in [6, 6.07) is 15.5. The molecule has 0 radical (unpaired) electrons. The highest BCUT2D eigenvalue weighted by atomic mass is 32.2. The highest BCUT2D eigenvalue weighted by Gasteiger charge is 2.08. The maximum atomic E-state index is 12.0. The van der Waals surface area contributed by atoms with Crippen molar-refractivity contribution in [2.45, 2.75) is 4.90 Å². The SMILES string of the molecule is COc1ccc(C=CS(=O)(=O)c2ccccc2)cc1. The number of hydrogen-bond donors (Lipinski definition) is 0. The van der Waals surface area contributed by atoms with Crippen molar-refractivity contribution >= 4 is 15.9 Å². The van der Waals surface area contributed by atoms with E-state index in [0.717, 1.165) is 11.3 Å². The summed E-state index contributed by atoms with van der Waals surface area (Å²) >= 11 is 0. The molecular weight excluding hydrogens is 260 g/mol. The molecule has 0 spiro atoms. The Morgan fingerprint density at radius 3 is 2.16 bits per heavy atom. The van der Waals surface area contributed by atoms with E-state index in [-0.39, 0.29) is 0 Å². The molecule has 0 unspecified atom stereocenters. The molecule has 2 aromatic rings. The zero-order chi connectivity index (χ0) is 13.7. The molecule has 0 aromatic heterocycles. The van der Waals surface area contributed by atoms with E-state index in [4.69, 9.17) is 4.74 Å². The highest BCUT2D eigenvalue weighted by Crippen LogP contribution is 2.15. The Labute approximate surface area is 113 Å². The molecule has 2 aromatic carbocycles. The van der Waals surface area contributed by atoms with Gasteiger partial charge < -0.3 is 4.74 Å². The van der Waals surface area contributed by atoms with Crippen LogP contribution >= 0.6 is 0 Å². The summed E-state index contributed by atoms with van der Waals surface area (Å²) in [5.41, 5.74) is 0.806. The third kappa shape index (κ3) is 3.45. The van der Waals surface area contributed by atoms with Gasteiger partial charge >= 0.3 is 0 Å². The average molecular weight is 274 g/mol. The molecule has 0 heterocycles. The van der Waals surface area contributed by atoms with Crippen molar-refractivity contribution in [1.29, 1.82) is 0 Å². The fourth-order valence-electron chi connectivity index (χ4n) is 1.57. The Morgan fingerprint density at radius 2 is 1.58 bits per heavy atom. The quantitative estimate of drug-likeness (QED) is 0.860. The average Bonchev–Trinajstić information content (AvgIpc) is 2.47. The molecule has 4 heteroatoms. The molecule has 0 amide bonds. The predicted molar refractivity (Wildman–Crippen MR) is 75.7 cm³/mol. The normalized spacial score (nSPS) is 11.6. The first-order valence-electron chi connectivity index (χ1n) is 5.74. The Bertz CT molecular complexity index is 656. The van der Waals surface area contributed by atoms with Crippen molar-refractivity contribution in [3.8, 4) is 5.75 Å². The first kappa shape index (κ1) is 13.4. The monoisotopic (exact) mass is 274 g/mol. The second kappa shape index (κ2) is 5.71. The molecule has 0 atom stereocenters. The maximum Gasteiger partial charge on any atom is 0.199 e. The second-order valence-corrected chi connectivity index (χ2v) is 5.77. The molecule has 19 heavy (non-hydrogen) atoms. The van der Waals surface area contributed by atoms with Crippen LogP contribution in [0.25, 0.3) is 6.08 Å². The van der Waals surface area contributed by atoms with Crippen LogP contribution in [0, 0.1) is 0 Å². The molecule has 0 fully saturated rings. The van der Waals surface area contributed by atoms with Crippen molar-refractivity contribution in [3.05, 3.63) is 65.6 Å². The van der Waals surface area contributed by atoms with Crippen LogP contribution in [0.1, 0.15) is 5.56 Å². The number of methoxy groups -OCH3 is 1. The molecule has 0 aliphatic carbocycles. The van der Waals surface area contributed by atoms with Crippen molar-refractivity contribution in [2.75, 3.05) is 7.11 Å². The Morgan fingerprint density at radius 1 is 0.947 bits per heavy atom. The Hall–Kier alpha value is -2.07. The van der Waals surface area contributed by atoms with Crippen LogP contribution in [0.4, 0.5) is 0 Å². The van der Waals surface area contributed by atoms with Gasteiger partial charge in [-0.2, -0.15) is 0 Å². The van der Waals surface area contributed by atoms with E-state index in [1.54, 1.807) is 67.8 Å². The molecule has 0 saturated carbocycles. The van der Waals surface area contributed by atoms with Crippen molar-refractivity contribution in [1.82, 2.24) is 0 Å². The van der Waals surface area contributed by atoms with Gasteiger partial charge in [-0.3, -0.25) is 0 Å². The summed E-state index contributed by atoms with van der Waals surface area (Å²) in [6.45, 7) is 0. The van der Waals surface area contributed by atoms with Gasteiger partial charge in [0.25, 0.3) is 0 Å². The fourth-order valence-corrected chi connectivity index (χ4v) is 2.60. The van der Waals surface area contributed by atoms with E-state index in [2.05, 4.69) is 0 Å². The number of rotatable bonds is 4. The lowest BCUT2D eigenvalue weighted by atomic mass is 10.2. The molecule has 0 saturated heterocycles. The summed E-state index contributed by atoms with van der Waals surface area (Å²) in [5, 5.41) is 1.21. The van der Waals surface area contributed by atoms with Crippen molar-refractivity contribution < 1.29 is 13.2 Å². The molecule has 0 aliphatic heterocycles. The van der Waals surface area contributed by atoms with Gasteiger partial charge in [0.1, 0.15) is 5.75 Å². The van der Waals surface area contributed by atoms with Gasteiger partial charge in [-0.25, -0.2) is 8.42 Å². The lowest BCUT2D eigenvalue weighted by molar-refractivity contribution is 0.415. The number of ether oxygens (including phenoxy) is 1. The Balaban J connectivity index is 2.22. The lowest BCUT2D eigenvalue weighted by Crippen LogP contribution is -1.95. The molecular formula is C15H14O3S. The zero-order valence-electron chi connectivity index (χ0n) is 10.5. The molecule has 3 nitrogen and oxygen atoms in total. The van der Waals surface area contributed by atoms with Crippen LogP contribution in [0.2, 0.25) is 0 Å². The van der Waals surface area contributed by atoms with Crippen LogP contribution in [-0.4, -0.2) is 15.5 Å². The van der Waals surface area contributed by atoms with Gasteiger partial charge in [0.05, 0.1) is 12.0 Å². The summed E-state index contributed by atoms with van der Waals surface area (Å²) < 4.78 is 29.1. The van der Waals surface area contributed by atoms with Crippen LogP contribution in [0.3, 0.4) is 0 Å². The smallest absolute Gasteiger partial charge is 0.199 e. The van der Waals surface area contributed by atoms with Crippen LogP contribution in [-0.2, 0) is 9.84 Å². The zero-order valence-corrected chi connectivity index (χ0v) is 11.3. The minimum Gasteiger partial charge on any atom is -0.497 e. The minimum atomic E-state index is -3.39. The first-order chi connectivity index (χ1) is 9.12. The third-order valence-electron chi connectivity index (χ3n) is 2.63. The van der Waals surface area contributed by atoms with E-state index >= 15 is 0 Å². The molecule has 98 valence electrons. The first-order valence-corrected chi connectivity index (χ1v) is 7.29. The minimum absolute atomic E-state index is 0.291. The van der Waals surface area contributed by atoms with E-state index < -0.39 is 9.84 Å². The van der Waals surface area contributed by atoms with Crippen LogP contribution in [0.5, 0.6) is 5.75 Å². The summed E-state index contributed by atoms with van der Waals surface area (Å²) in [5.74, 6) is 0.739. The molecule has 0 bridgehead atoms. The van der Waals surface area contributed by atoms with Gasteiger partial charge in [-0.15, -0.1) is 0 Å². The molecule has 2 rings (SSSR count). The molecule has 0 aliphatic rings. The van der Waals surface area contributed by atoms with Gasteiger partial charge in [-0.1, -0.05) is 30.3 Å². The third-order valence-corrected chi connectivity index (χ3v) is 4.05. The predicted octanol–water partition coefficient (Wildman–Crippen LogP) is 3.14. The van der Waals surface area contributed by atoms with Crippen molar-refractivity contribution in [3.63, 3.8) is 0 Å². The number of benzene rings is 2. The number of hydrogen-bond acceptors (Lipinski definition) is 3. The molecule has 0 N–H and O–H groups in total. The van der Waals surface area contributed by atoms with Crippen LogP contribution < -0.4 is 4.74 Å². The van der Waals surface area contributed by atoms with E-state index in [1.165, 1.54) is 5.41 Å². The second-order valence-electron chi connectivity index (χ2n) is 3.93. The Kier molecular flexibility index (Phi) is 4.02. The maximum absolute atomic E-state index is 12.0. The van der Waals surface area contributed by atoms with Gasteiger partial charge in [0.15, 0.2) is 9.84 Å². The van der Waals surface area contributed by atoms with E-state index in [1.807, 2.05) is 0 Å². The fraction of sp³-hybridized carbons (Fsp3) is 0.0667. The standard InChI is InChI=1S/C15H14O3S/c1-18-14-9-7-13(8-10-14)11-12-19(16,17)15-5-3-2-4-6-15/h2-12H,1H3. The highest BCUT2D eigenvalue weighted by molar-refractivity contribution is 7.94. The van der Waals surface area contributed by atoms with Gasteiger partial charge in [0, 0.05) is 5.41 Å². The topological polar surface area (TPSA) is 43.4 Å². The largest absolute Gasteiger partial charge is 0.497 e. The summed E-state index contributed by atoms with van der Waals surface area (Å²) in [4.78, 5) is 0.291.